The van der Waals surface area contributed by atoms with Crippen molar-refractivity contribution in [3.63, 3.8) is 0 Å². The SMILES string of the molecule is C[C@@H]([C@@H]1CC[C@@H](N=[N+]=[N-])C(O/C(=N/c2ccccc2)C(F)(F)F)O1)N(C)C(=O)OCc1ccccc1. The summed E-state index contributed by atoms with van der Waals surface area (Å²) in [5.74, 6) is -1.53. The molecule has 0 N–H and O–H groups in total. The summed E-state index contributed by atoms with van der Waals surface area (Å²) in [5, 5.41) is 3.55. The number of amides is 1. The van der Waals surface area contributed by atoms with E-state index in [1.165, 1.54) is 36.2 Å². The fraction of sp³-hybridized carbons (Fsp3) is 0.417. The molecule has 1 aliphatic heterocycles. The highest BCUT2D eigenvalue weighted by atomic mass is 19.4. The summed E-state index contributed by atoms with van der Waals surface area (Å²) in [7, 11) is 1.51. The van der Waals surface area contributed by atoms with E-state index in [4.69, 9.17) is 19.7 Å². The van der Waals surface area contributed by atoms with Crippen LogP contribution < -0.4 is 0 Å². The van der Waals surface area contributed by atoms with Crippen LogP contribution in [-0.4, -0.2) is 54.6 Å². The Bertz CT molecular complexity index is 1080. The van der Waals surface area contributed by atoms with Crippen LogP contribution in [0, 0.1) is 0 Å². The number of nitrogens with zero attached hydrogens (tertiary/aromatic N) is 5. The maximum absolute atomic E-state index is 13.7. The predicted molar refractivity (Wildman–Crippen MR) is 125 cm³/mol. The monoisotopic (exact) mass is 505 g/mol. The maximum Gasteiger partial charge on any atom is 0.468 e. The number of ether oxygens (including phenoxy) is 3. The van der Waals surface area contributed by atoms with Crippen LogP contribution in [0.2, 0.25) is 0 Å². The Morgan fingerprint density at radius 3 is 2.42 bits per heavy atom. The zero-order chi connectivity index (χ0) is 26.1. The van der Waals surface area contributed by atoms with E-state index in [2.05, 4.69) is 15.0 Å². The smallest absolute Gasteiger partial charge is 0.445 e. The summed E-state index contributed by atoms with van der Waals surface area (Å²) in [6.07, 6.45) is -7.30. The number of likely N-dealkylation sites (N-methyl/N-ethyl adjacent to an activating group) is 1. The molecule has 1 saturated heterocycles. The van der Waals surface area contributed by atoms with Gasteiger partial charge in [0.15, 0.2) is 0 Å². The van der Waals surface area contributed by atoms with E-state index in [0.29, 0.717) is 6.42 Å². The topological polar surface area (TPSA) is 109 Å². The minimum Gasteiger partial charge on any atom is -0.445 e. The van der Waals surface area contributed by atoms with E-state index in [1.807, 2.05) is 30.3 Å². The van der Waals surface area contributed by atoms with Gasteiger partial charge >= 0.3 is 12.3 Å². The van der Waals surface area contributed by atoms with Crippen molar-refractivity contribution in [3.8, 4) is 0 Å². The Labute approximate surface area is 206 Å². The molecule has 1 aliphatic rings. The van der Waals surface area contributed by atoms with Crippen LogP contribution in [0.25, 0.3) is 10.4 Å². The summed E-state index contributed by atoms with van der Waals surface area (Å²) in [5.41, 5.74) is 9.72. The highest BCUT2D eigenvalue weighted by Crippen LogP contribution is 2.30. The van der Waals surface area contributed by atoms with Gasteiger partial charge in [0, 0.05) is 12.0 Å². The first-order valence-electron chi connectivity index (χ1n) is 11.2. The van der Waals surface area contributed by atoms with Gasteiger partial charge in [0.05, 0.1) is 23.9 Å². The first kappa shape index (κ1) is 26.8. The van der Waals surface area contributed by atoms with Gasteiger partial charge in [-0.2, -0.15) is 13.2 Å². The van der Waals surface area contributed by atoms with Gasteiger partial charge in [0.1, 0.15) is 6.61 Å². The molecule has 12 heteroatoms. The number of carbonyl (C=O) groups excluding carboxylic acids is 1. The Hall–Kier alpha value is -3.76. The van der Waals surface area contributed by atoms with Gasteiger partial charge in [-0.3, -0.25) is 0 Å². The van der Waals surface area contributed by atoms with Crippen LogP contribution in [-0.2, 0) is 20.8 Å². The number of carbonyl (C=O) groups is 1. The van der Waals surface area contributed by atoms with Crippen LogP contribution in [0.3, 0.4) is 0 Å². The second-order valence-electron chi connectivity index (χ2n) is 8.15. The molecule has 36 heavy (non-hydrogen) atoms. The number of rotatable bonds is 7. The van der Waals surface area contributed by atoms with Crippen molar-refractivity contribution >= 4 is 17.7 Å². The molecule has 3 rings (SSSR count). The molecule has 0 aliphatic carbocycles. The normalized spacial score (nSPS) is 21.1. The average Bonchev–Trinajstić information content (AvgIpc) is 2.87. The van der Waals surface area contributed by atoms with Gasteiger partial charge in [0.2, 0.25) is 6.29 Å². The minimum absolute atomic E-state index is 0.0341. The molecule has 2 aromatic carbocycles. The fourth-order valence-electron chi connectivity index (χ4n) is 3.56. The quantitative estimate of drug-likeness (QED) is 0.148. The first-order valence-corrected chi connectivity index (χ1v) is 11.2. The maximum atomic E-state index is 13.7. The molecule has 0 bridgehead atoms. The second kappa shape index (κ2) is 12.3. The van der Waals surface area contributed by atoms with Crippen molar-refractivity contribution in [3.05, 3.63) is 76.7 Å². The van der Waals surface area contributed by atoms with Gasteiger partial charge in [-0.15, -0.1) is 0 Å². The number of alkyl halides is 3. The fourth-order valence-corrected chi connectivity index (χ4v) is 3.56. The van der Waals surface area contributed by atoms with E-state index in [1.54, 1.807) is 13.0 Å². The summed E-state index contributed by atoms with van der Waals surface area (Å²) in [4.78, 5) is 20.1. The molecule has 0 radical (unpaired) electrons. The number of aliphatic imine (C=N–C) groups is 1. The lowest BCUT2D eigenvalue weighted by Crippen LogP contribution is -2.51. The lowest BCUT2D eigenvalue weighted by molar-refractivity contribution is -0.191. The average molecular weight is 505 g/mol. The van der Waals surface area contributed by atoms with E-state index in [9.17, 15) is 18.0 Å². The zero-order valence-corrected chi connectivity index (χ0v) is 19.7. The molecule has 2 aromatic rings. The van der Waals surface area contributed by atoms with Gasteiger partial charge in [-0.25, -0.2) is 9.79 Å². The molecule has 1 unspecified atom stereocenters. The summed E-state index contributed by atoms with van der Waals surface area (Å²) < 4.78 is 57.4. The van der Waals surface area contributed by atoms with Crippen molar-refractivity contribution < 1.29 is 32.2 Å². The Balaban J connectivity index is 1.72. The second-order valence-corrected chi connectivity index (χ2v) is 8.15. The number of azide groups is 1. The zero-order valence-electron chi connectivity index (χ0n) is 19.7. The summed E-state index contributed by atoms with van der Waals surface area (Å²) in [6, 6.07) is 15.0. The number of hydrogen-bond donors (Lipinski definition) is 0. The van der Waals surface area contributed by atoms with Gasteiger partial charge < -0.3 is 19.1 Å². The van der Waals surface area contributed by atoms with Crippen LogP contribution in [0.15, 0.2) is 70.8 Å². The molecule has 4 atom stereocenters. The highest BCUT2D eigenvalue weighted by molar-refractivity contribution is 5.84. The third kappa shape index (κ3) is 7.37. The van der Waals surface area contributed by atoms with Gasteiger partial charge in [0.25, 0.3) is 5.90 Å². The largest absolute Gasteiger partial charge is 0.468 e. The Morgan fingerprint density at radius 2 is 1.81 bits per heavy atom. The van der Waals surface area contributed by atoms with Gasteiger partial charge in [-0.05, 0) is 43.0 Å². The molecule has 9 nitrogen and oxygen atoms in total. The lowest BCUT2D eigenvalue weighted by Gasteiger charge is -2.39. The number of hydrogen-bond acceptors (Lipinski definition) is 6. The molecule has 0 saturated carbocycles. The first-order chi connectivity index (χ1) is 17.2. The van der Waals surface area contributed by atoms with E-state index in [-0.39, 0.29) is 18.7 Å². The van der Waals surface area contributed by atoms with Crippen molar-refractivity contribution in [1.29, 1.82) is 0 Å². The van der Waals surface area contributed by atoms with Crippen molar-refractivity contribution in [2.45, 2.75) is 57.0 Å². The van der Waals surface area contributed by atoms with Crippen molar-refractivity contribution in [2.24, 2.45) is 10.1 Å². The van der Waals surface area contributed by atoms with Crippen LogP contribution in [0.5, 0.6) is 0 Å². The van der Waals surface area contributed by atoms with E-state index >= 15 is 0 Å². The summed E-state index contributed by atoms with van der Waals surface area (Å²) in [6.45, 7) is 1.75. The van der Waals surface area contributed by atoms with Crippen molar-refractivity contribution in [2.75, 3.05) is 7.05 Å². The van der Waals surface area contributed by atoms with Crippen LogP contribution in [0.1, 0.15) is 25.3 Å². The third-order valence-electron chi connectivity index (χ3n) is 5.67. The number of halogens is 3. The molecular formula is C24H26F3N5O4. The molecule has 0 spiro atoms. The molecule has 192 valence electrons. The molecule has 1 heterocycles. The molecule has 1 amide bonds. The molecule has 0 aromatic heterocycles. The van der Waals surface area contributed by atoms with Crippen molar-refractivity contribution in [1.82, 2.24) is 4.90 Å². The lowest BCUT2D eigenvalue weighted by atomic mass is 9.99. The predicted octanol–water partition coefficient (Wildman–Crippen LogP) is 6.14. The number of benzene rings is 2. The number of para-hydroxylation sites is 1. The minimum atomic E-state index is -4.92. The third-order valence-corrected chi connectivity index (χ3v) is 5.67. The van der Waals surface area contributed by atoms with Crippen LogP contribution in [0.4, 0.5) is 23.7 Å². The molecule has 1 fully saturated rings. The van der Waals surface area contributed by atoms with E-state index in [0.717, 1.165) is 5.56 Å². The van der Waals surface area contributed by atoms with E-state index < -0.39 is 42.6 Å². The summed E-state index contributed by atoms with van der Waals surface area (Å²) >= 11 is 0. The molecular weight excluding hydrogens is 479 g/mol. The standard InChI is InChI=1S/C24H26F3N5O4/c1-16(32(2)23(33)34-15-17-9-5-3-6-10-17)20-14-13-19(30-31-28)21(35-20)36-22(24(25,26)27)29-18-11-7-4-8-12-18/h3-12,16,19-21H,13-15H2,1-2H3/b29-22+/t16-,19+,20-,21?/m0/s1. The van der Waals surface area contributed by atoms with Gasteiger partial charge in [-0.1, -0.05) is 53.6 Å². The van der Waals surface area contributed by atoms with Crippen LogP contribution >= 0.6 is 0 Å². The Kier molecular flexibility index (Phi) is 9.15. The Morgan fingerprint density at radius 1 is 1.17 bits per heavy atom. The highest BCUT2D eigenvalue weighted by Gasteiger charge is 2.44.